The summed E-state index contributed by atoms with van der Waals surface area (Å²) in [6.07, 6.45) is 0. The van der Waals surface area contributed by atoms with Crippen molar-refractivity contribution in [3.8, 4) is 0 Å². The summed E-state index contributed by atoms with van der Waals surface area (Å²) < 4.78 is 29.0. The van der Waals surface area contributed by atoms with Crippen molar-refractivity contribution in [2.45, 2.75) is 13.0 Å². The van der Waals surface area contributed by atoms with Crippen molar-refractivity contribution >= 4 is 10.0 Å². The topological polar surface area (TPSA) is 72.6 Å². The van der Waals surface area contributed by atoms with Gasteiger partial charge in [-0.25, -0.2) is 8.42 Å². The summed E-state index contributed by atoms with van der Waals surface area (Å²) in [4.78, 5) is 0. The maximum absolute atomic E-state index is 11.4. The molecule has 13 heavy (non-hydrogen) atoms. The molecule has 6 heteroatoms. The first kappa shape index (κ1) is 12.8. The normalized spacial score (nSPS) is 14.8. The Hall–Kier alpha value is -0.170. The lowest BCUT2D eigenvalue weighted by molar-refractivity contribution is 0.149. The Morgan fingerprint density at radius 3 is 2.46 bits per heavy atom. The van der Waals surface area contributed by atoms with Crippen molar-refractivity contribution in [1.29, 1.82) is 0 Å². The minimum atomic E-state index is -3.20. The van der Waals surface area contributed by atoms with Gasteiger partial charge < -0.3 is 10.5 Å². The standard InChI is InChI=1S/C7H18N2O3S/c1-7(6-12-3)9(2)13(10,11)5-4-8/h7H,4-6,8H2,1-3H3. The van der Waals surface area contributed by atoms with Crippen LogP contribution in [0.4, 0.5) is 0 Å². The highest BCUT2D eigenvalue weighted by Gasteiger charge is 2.21. The summed E-state index contributed by atoms with van der Waals surface area (Å²) in [6.45, 7) is 2.32. The Morgan fingerprint density at radius 2 is 2.08 bits per heavy atom. The van der Waals surface area contributed by atoms with Gasteiger partial charge in [0.05, 0.1) is 12.4 Å². The van der Waals surface area contributed by atoms with Crippen molar-refractivity contribution in [2.24, 2.45) is 5.73 Å². The monoisotopic (exact) mass is 210 g/mol. The Kier molecular flexibility index (Phi) is 5.46. The first-order valence-corrected chi connectivity index (χ1v) is 5.71. The fourth-order valence-electron chi connectivity index (χ4n) is 0.913. The molecule has 0 aromatic heterocycles. The van der Waals surface area contributed by atoms with Gasteiger partial charge in [-0.1, -0.05) is 0 Å². The molecular weight excluding hydrogens is 192 g/mol. The van der Waals surface area contributed by atoms with Crippen molar-refractivity contribution in [3.63, 3.8) is 0 Å². The molecular formula is C7H18N2O3S. The predicted octanol–water partition coefficient (Wildman–Crippen LogP) is -0.758. The summed E-state index contributed by atoms with van der Waals surface area (Å²) in [5, 5.41) is 0. The third-order valence-electron chi connectivity index (χ3n) is 1.84. The van der Waals surface area contributed by atoms with Crippen molar-refractivity contribution in [1.82, 2.24) is 4.31 Å². The van der Waals surface area contributed by atoms with Crippen molar-refractivity contribution < 1.29 is 13.2 Å². The van der Waals surface area contributed by atoms with Crippen LogP contribution in [-0.2, 0) is 14.8 Å². The number of nitrogens with zero attached hydrogens (tertiary/aromatic N) is 1. The van der Waals surface area contributed by atoms with Gasteiger partial charge in [-0.05, 0) is 6.92 Å². The zero-order valence-corrected chi connectivity index (χ0v) is 9.17. The van der Waals surface area contributed by atoms with Crippen LogP contribution in [0.5, 0.6) is 0 Å². The molecule has 80 valence electrons. The molecule has 1 atom stereocenters. The van der Waals surface area contributed by atoms with Gasteiger partial charge in [0.15, 0.2) is 0 Å². The molecule has 0 aromatic carbocycles. The van der Waals surface area contributed by atoms with Gasteiger partial charge in [0.1, 0.15) is 0 Å². The number of methoxy groups -OCH3 is 1. The summed E-state index contributed by atoms with van der Waals surface area (Å²) in [5.74, 6) is -0.0163. The van der Waals surface area contributed by atoms with Crippen LogP contribution < -0.4 is 5.73 Å². The van der Waals surface area contributed by atoms with E-state index in [0.29, 0.717) is 6.61 Å². The maximum Gasteiger partial charge on any atom is 0.215 e. The molecule has 0 saturated heterocycles. The lowest BCUT2D eigenvalue weighted by Gasteiger charge is -2.23. The van der Waals surface area contributed by atoms with E-state index in [1.165, 1.54) is 11.4 Å². The first-order chi connectivity index (χ1) is 5.95. The summed E-state index contributed by atoms with van der Waals surface area (Å²) in [6, 6.07) is -0.151. The molecule has 0 aliphatic carbocycles. The van der Waals surface area contributed by atoms with Crippen LogP contribution in [0.3, 0.4) is 0 Å². The van der Waals surface area contributed by atoms with E-state index < -0.39 is 10.0 Å². The number of nitrogens with two attached hydrogens (primary N) is 1. The Bertz CT molecular complexity index is 228. The van der Waals surface area contributed by atoms with E-state index in [-0.39, 0.29) is 18.3 Å². The van der Waals surface area contributed by atoms with Gasteiger partial charge >= 0.3 is 0 Å². The number of hydrogen-bond donors (Lipinski definition) is 1. The van der Waals surface area contributed by atoms with Crippen LogP contribution >= 0.6 is 0 Å². The smallest absolute Gasteiger partial charge is 0.215 e. The average molecular weight is 210 g/mol. The van der Waals surface area contributed by atoms with Gasteiger partial charge in [-0.15, -0.1) is 0 Å². The van der Waals surface area contributed by atoms with Crippen LogP contribution in [0.2, 0.25) is 0 Å². The second-order valence-corrected chi connectivity index (χ2v) is 5.07. The summed E-state index contributed by atoms with van der Waals surface area (Å²) in [5.41, 5.74) is 5.19. The van der Waals surface area contributed by atoms with E-state index in [4.69, 9.17) is 10.5 Å². The molecule has 0 bridgehead atoms. The van der Waals surface area contributed by atoms with Gasteiger partial charge in [0, 0.05) is 26.7 Å². The zero-order chi connectivity index (χ0) is 10.5. The number of sulfonamides is 1. The molecule has 0 amide bonds. The van der Waals surface area contributed by atoms with Gasteiger partial charge in [-0.3, -0.25) is 0 Å². The Morgan fingerprint density at radius 1 is 1.54 bits per heavy atom. The van der Waals surface area contributed by atoms with E-state index in [0.717, 1.165) is 0 Å². The molecule has 0 saturated carbocycles. The fraction of sp³-hybridized carbons (Fsp3) is 1.00. The fourth-order valence-corrected chi connectivity index (χ4v) is 2.11. The molecule has 0 heterocycles. The van der Waals surface area contributed by atoms with Crippen LogP contribution in [0.25, 0.3) is 0 Å². The minimum Gasteiger partial charge on any atom is -0.383 e. The van der Waals surface area contributed by atoms with Crippen LogP contribution in [-0.4, -0.2) is 51.8 Å². The highest BCUT2D eigenvalue weighted by Crippen LogP contribution is 2.03. The highest BCUT2D eigenvalue weighted by atomic mass is 32.2. The van der Waals surface area contributed by atoms with Gasteiger partial charge in [0.2, 0.25) is 10.0 Å². The van der Waals surface area contributed by atoms with Crippen LogP contribution in [0.1, 0.15) is 6.92 Å². The van der Waals surface area contributed by atoms with Gasteiger partial charge in [0.25, 0.3) is 0 Å². The lowest BCUT2D eigenvalue weighted by atomic mass is 10.4. The largest absolute Gasteiger partial charge is 0.383 e. The van der Waals surface area contributed by atoms with Crippen molar-refractivity contribution in [2.75, 3.05) is 33.1 Å². The van der Waals surface area contributed by atoms with E-state index in [9.17, 15) is 8.42 Å². The zero-order valence-electron chi connectivity index (χ0n) is 8.36. The molecule has 2 N–H and O–H groups in total. The summed E-state index contributed by atoms with van der Waals surface area (Å²) >= 11 is 0. The van der Waals surface area contributed by atoms with E-state index >= 15 is 0 Å². The lowest BCUT2D eigenvalue weighted by Crippen LogP contribution is -2.40. The molecule has 0 fully saturated rings. The van der Waals surface area contributed by atoms with Crippen molar-refractivity contribution in [3.05, 3.63) is 0 Å². The van der Waals surface area contributed by atoms with E-state index in [1.54, 1.807) is 14.0 Å². The second kappa shape index (κ2) is 5.54. The Labute approximate surface area is 79.9 Å². The SMILES string of the molecule is COCC(C)N(C)S(=O)(=O)CCN. The number of hydrogen-bond acceptors (Lipinski definition) is 4. The molecule has 0 rings (SSSR count). The number of likely N-dealkylation sites (N-methyl/N-ethyl adjacent to an activating group) is 1. The minimum absolute atomic E-state index is 0.0163. The average Bonchev–Trinajstić information content (AvgIpc) is 2.03. The quantitative estimate of drug-likeness (QED) is 0.625. The third kappa shape index (κ3) is 4.04. The Balaban J connectivity index is 4.31. The highest BCUT2D eigenvalue weighted by molar-refractivity contribution is 7.89. The molecule has 0 aliphatic rings. The van der Waals surface area contributed by atoms with E-state index in [2.05, 4.69) is 0 Å². The van der Waals surface area contributed by atoms with Crippen LogP contribution in [0.15, 0.2) is 0 Å². The molecule has 1 unspecified atom stereocenters. The molecule has 0 spiro atoms. The number of ether oxygens (including phenoxy) is 1. The third-order valence-corrected chi connectivity index (χ3v) is 3.83. The molecule has 0 aliphatic heterocycles. The van der Waals surface area contributed by atoms with Gasteiger partial charge in [-0.2, -0.15) is 4.31 Å². The summed E-state index contributed by atoms with van der Waals surface area (Å²) in [7, 11) is -0.126. The molecule has 0 aromatic rings. The number of rotatable bonds is 6. The maximum atomic E-state index is 11.4. The first-order valence-electron chi connectivity index (χ1n) is 4.10. The molecule has 0 radical (unpaired) electrons. The van der Waals surface area contributed by atoms with Crippen LogP contribution in [0, 0.1) is 0 Å². The molecule has 5 nitrogen and oxygen atoms in total. The predicted molar refractivity (Wildman–Crippen MR) is 51.9 cm³/mol. The second-order valence-electron chi connectivity index (χ2n) is 2.93. The van der Waals surface area contributed by atoms with E-state index in [1.807, 2.05) is 0 Å².